The predicted octanol–water partition coefficient (Wildman–Crippen LogP) is 5.35. The average Bonchev–Trinajstić information content (AvgIpc) is 3.17. The maximum absolute atomic E-state index is 13.3. The summed E-state index contributed by atoms with van der Waals surface area (Å²) in [5.74, 6) is 1.37. The Hall–Kier alpha value is -2.71. The van der Waals surface area contributed by atoms with Crippen LogP contribution in [-0.2, 0) is 0 Å². The fraction of sp³-hybridized carbons (Fsp3) is 0.158. The number of halogens is 2. The van der Waals surface area contributed by atoms with Crippen LogP contribution < -0.4 is 14.8 Å². The second-order valence-corrected chi connectivity index (χ2v) is 6.78. The van der Waals surface area contributed by atoms with Crippen LogP contribution in [0, 0.1) is 5.82 Å². The Morgan fingerprint density at radius 1 is 1.18 bits per heavy atom. The minimum absolute atomic E-state index is 0.0408. The van der Waals surface area contributed by atoms with Crippen LogP contribution in [-0.4, -0.2) is 35.8 Å². The molecule has 9 heteroatoms. The molecule has 6 nitrogen and oxygen atoms in total. The van der Waals surface area contributed by atoms with E-state index in [2.05, 4.69) is 20.5 Å². The van der Waals surface area contributed by atoms with E-state index in [1.807, 2.05) is 18.4 Å². The molecule has 3 rings (SSSR count). The molecule has 2 N–H and O–H groups in total. The fourth-order valence-electron chi connectivity index (χ4n) is 2.45. The molecule has 0 bridgehead atoms. The highest BCUT2D eigenvalue weighted by Crippen LogP contribution is 2.33. The summed E-state index contributed by atoms with van der Waals surface area (Å²) in [5.41, 5.74) is 2.22. The van der Waals surface area contributed by atoms with Crippen LogP contribution >= 0.6 is 23.4 Å². The van der Waals surface area contributed by atoms with Crippen molar-refractivity contribution in [3.8, 4) is 22.8 Å². The summed E-state index contributed by atoms with van der Waals surface area (Å²) in [6.07, 6.45) is 1.87. The number of hydrogen-bond donors (Lipinski definition) is 2. The zero-order chi connectivity index (χ0) is 20.1. The molecule has 0 amide bonds. The zero-order valence-electron chi connectivity index (χ0n) is 15.4. The number of aromatic nitrogens is 2. The minimum Gasteiger partial charge on any atom is -0.497 e. The maximum Gasteiger partial charge on any atom is 0.176 e. The van der Waals surface area contributed by atoms with Crippen LogP contribution in [0.4, 0.5) is 15.9 Å². The zero-order valence-corrected chi connectivity index (χ0v) is 17.0. The molecule has 0 atom stereocenters. The highest BCUT2D eigenvalue weighted by Gasteiger charge is 2.11. The van der Waals surface area contributed by atoms with E-state index >= 15 is 0 Å². The van der Waals surface area contributed by atoms with Gasteiger partial charge in [0.1, 0.15) is 17.3 Å². The van der Waals surface area contributed by atoms with Gasteiger partial charge in [-0.2, -0.15) is 5.10 Å². The molecule has 2 aromatic carbocycles. The standard InChI is InChI=1S/C19H18ClFN4O2S/c1-26-12-5-6-13(17(9-12)27-2)16-10-18(25-24-16)23-19(28-3)22-11-4-7-15(21)14(20)8-11/h4-10H,1-3H3,(H2,22,23,24,25). The number of rotatable bonds is 5. The molecule has 146 valence electrons. The van der Waals surface area contributed by atoms with Crippen molar-refractivity contribution < 1.29 is 13.9 Å². The number of nitrogens with one attached hydrogen (secondary N) is 2. The number of amidine groups is 1. The molecule has 0 radical (unpaired) electrons. The van der Waals surface area contributed by atoms with Gasteiger partial charge in [-0.05, 0) is 36.6 Å². The van der Waals surface area contributed by atoms with Crippen molar-refractivity contribution in [2.24, 2.45) is 4.99 Å². The van der Waals surface area contributed by atoms with Crippen LogP contribution in [0.2, 0.25) is 5.02 Å². The van der Waals surface area contributed by atoms with E-state index in [9.17, 15) is 4.39 Å². The molecule has 0 aliphatic rings. The highest BCUT2D eigenvalue weighted by molar-refractivity contribution is 8.13. The lowest BCUT2D eigenvalue weighted by Crippen LogP contribution is -2.06. The largest absolute Gasteiger partial charge is 0.497 e. The second kappa shape index (κ2) is 8.99. The van der Waals surface area contributed by atoms with Crippen molar-refractivity contribution in [1.82, 2.24) is 10.2 Å². The maximum atomic E-state index is 13.3. The van der Waals surface area contributed by atoms with Crippen molar-refractivity contribution in [1.29, 1.82) is 0 Å². The first-order valence-electron chi connectivity index (χ1n) is 8.16. The number of aliphatic imine (C=N–C) groups is 1. The Kier molecular flexibility index (Phi) is 6.43. The van der Waals surface area contributed by atoms with Crippen LogP contribution in [0.25, 0.3) is 11.3 Å². The lowest BCUT2D eigenvalue weighted by Gasteiger charge is -2.08. The monoisotopic (exact) mass is 420 g/mol. The van der Waals surface area contributed by atoms with Crippen LogP contribution in [0.5, 0.6) is 11.5 Å². The Morgan fingerprint density at radius 3 is 2.68 bits per heavy atom. The molecule has 1 aromatic heterocycles. The summed E-state index contributed by atoms with van der Waals surface area (Å²) in [5, 5.41) is 10.9. The van der Waals surface area contributed by atoms with Gasteiger partial charge >= 0.3 is 0 Å². The van der Waals surface area contributed by atoms with Crippen molar-refractivity contribution >= 4 is 40.0 Å². The predicted molar refractivity (Wildman–Crippen MR) is 113 cm³/mol. The van der Waals surface area contributed by atoms with E-state index in [0.717, 1.165) is 11.3 Å². The second-order valence-electron chi connectivity index (χ2n) is 5.58. The molecular formula is C19H18ClFN4O2S. The van der Waals surface area contributed by atoms with E-state index < -0.39 is 5.82 Å². The van der Waals surface area contributed by atoms with Gasteiger partial charge in [-0.1, -0.05) is 23.4 Å². The van der Waals surface area contributed by atoms with Gasteiger partial charge in [-0.3, -0.25) is 5.10 Å². The van der Waals surface area contributed by atoms with Gasteiger partial charge in [0.2, 0.25) is 0 Å². The highest BCUT2D eigenvalue weighted by atomic mass is 35.5. The topological polar surface area (TPSA) is 71.5 Å². The molecule has 0 unspecified atom stereocenters. The van der Waals surface area contributed by atoms with E-state index in [0.29, 0.717) is 28.2 Å². The van der Waals surface area contributed by atoms with Crippen molar-refractivity contribution in [2.45, 2.75) is 0 Å². The lowest BCUT2D eigenvalue weighted by molar-refractivity contribution is 0.395. The van der Waals surface area contributed by atoms with Gasteiger partial charge < -0.3 is 14.8 Å². The minimum atomic E-state index is -0.472. The SMILES string of the molecule is COc1ccc(-c2cc(N=C(Nc3ccc(F)c(Cl)c3)SC)n[nH]2)c(OC)c1. The number of H-pyrrole nitrogens is 1. The number of methoxy groups -OCH3 is 2. The summed E-state index contributed by atoms with van der Waals surface area (Å²) in [6.45, 7) is 0. The number of nitrogens with zero attached hydrogens (tertiary/aromatic N) is 2. The first kappa shape index (κ1) is 20.0. The number of ether oxygens (including phenoxy) is 2. The normalized spacial score (nSPS) is 11.4. The van der Waals surface area contributed by atoms with Gasteiger partial charge in [-0.15, -0.1) is 0 Å². The van der Waals surface area contributed by atoms with Gasteiger partial charge in [-0.25, -0.2) is 9.38 Å². The van der Waals surface area contributed by atoms with Gasteiger partial charge in [0.15, 0.2) is 11.0 Å². The molecule has 0 saturated heterocycles. The molecule has 3 aromatic rings. The summed E-state index contributed by atoms with van der Waals surface area (Å²) >= 11 is 7.22. The Morgan fingerprint density at radius 2 is 2.00 bits per heavy atom. The van der Waals surface area contributed by atoms with E-state index in [1.165, 1.54) is 23.9 Å². The average molecular weight is 421 g/mol. The number of thioether (sulfide) groups is 1. The summed E-state index contributed by atoms with van der Waals surface area (Å²) in [4.78, 5) is 4.48. The smallest absolute Gasteiger partial charge is 0.176 e. The Balaban J connectivity index is 1.85. The number of anilines is 1. The first-order chi connectivity index (χ1) is 13.5. The Bertz CT molecular complexity index is 1010. The molecule has 0 spiro atoms. The molecule has 0 aliphatic carbocycles. The third kappa shape index (κ3) is 4.58. The van der Waals surface area contributed by atoms with Crippen molar-refractivity contribution in [3.63, 3.8) is 0 Å². The lowest BCUT2D eigenvalue weighted by atomic mass is 10.1. The van der Waals surface area contributed by atoms with E-state index in [-0.39, 0.29) is 5.02 Å². The first-order valence-corrected chi connectivity index (χ1v) is 9.77. The van der Waals surface area contributed by atoms with Gasteiger partial charge in [0, 0.05) is 23.4 Å². The molecule has 0 saturated carbocycles. The third-order valence-electron chi connectivity index (χ3n) is 3.84. The molecule has 0 fully saturated rings. The van der Waals surface area contributed by atoms with Crippen LogP contribution in [0.15, 0.2) is 47.5 Å². The number of aromatic amines is 1. The molecule has 28 heavy (non-hydrogen) atoms. The Labute approximate surface area is 171 Å². The van der Waals surface area contributed by atoms with Gasteiger partial charge in [0.05, 0.1) is 24.9 Å². The van der Waals surface area contributed by atoms with E-state index in [1.54, 1.807) is 32.4 Å². The summed E-state index contributed by atoms with van der Waals surface area (Å²) in [7, 11) is 3.19. The summed E-state index contributed by atoms with van der Waals surface area (Å²) in [6, 6.07) is 11.7. The van der Waals surface area contributed by atoms with Gasteiger partial charge in [0.25, 0.3) is 0 Å². The summed E-state index contributed by atoms with van der Waals surface area (Å²) < 4.78 is 24.0. The fourth-order valence-corrected chi connectivity index (χ4v) is 3.04. The van der Waals surface area contributed by atoms with Crippen LogP contribution in [0.1, 0.15) is 0 Å². The molecule has 0 aliphatic heterocycles. The van der Waals surface area contributed by atoms with Crippen molar-refractivity contribution in [3.05, 3.63) is 53.3 Å². The van der Waals surface area contributed by atoms with E-state index in [4.69, 9.17) is 21.1 Å². The van der Waals surface area contributed by atoms with Crippen LogP contribution in [0.3, 0.4) is 0 Å². The quantitative estimate of drug-likeness (QED) is 0.430. The molecule has 1 heterocycles. The number of hydrogen-bond acceptors (Lipinski definition) is 5. The third-order valence-corrected chi connectivity index (χ3v) is 4.71. The molecular weight excluding hydrogens is 403 g/mol. The number of benzene rings is 2. The van der Waals surface area contributed by atoms with Crippen molar-refractivity contribution in [2.75, 3.05) is 25.8 Å².